The molecule has 1 aliphatic carbocycles. The SMILES string of the molecule is CNCC1CCN(C(=O)c2cc3c(s2)CCC3)CC1. The number of carbonyl (C=O) groups excluding carboxylic acids is 1. The van der Waals surface area contributed by atoms with Crippen molar-refractivity contribution in [2.24, 2.45) is 5.92 Å². The molecule has 0 radical (unpaired) electrons. The molecule has 1 fully saturated rings. The zero-order chi connectivity index (χ0) is 13.2. The van der Waals surface area contributed by atoms with Gasteiger partial charge in [-0.1, -0.05) is 0 Å². The van der Waals surface area contributed by atoms with Gasteiger partial charge in [-0.2, -0.15) is 0 Å². The van der Waals surface area contributed by atoms with Gasteiger partial charge in [0.1, 0.15) is 0 Å². The highest BCUT2D eigenvalue weighted by molar-refractivity contribution is 7.14. The van der Waals surface area contributed by atoms with E-state index in [0.717, 1.165) is 43.3 Å². The molecule has 1 saturated heterocycles. The minimum Gasteiger partial charge on any atom is -0.338 e. The van der Waals surface area contributed by atoms with E-state index in [4.69, 9.17) is 0 Å². The van der Waals surface area contributed by atoms with E-state index in [1.165, 1.54) is 29.7 Å². The number of thiophene rings is 1. The number of piperidine rings is 1. The molecular formula is C15H22N2OS. The van der Waals surface area contributed by atoms with Gasteiger partial charge in [-0.25, -0.2) is 0 Å². The van der Waals surface area contributed by atoms with Crippen molar-refractivity contribution >= 4 is 17.2 Å². The second kappa shape index (κ2) is 5.63. The standard InChI is InChI=1S/C15H22N2OS/c1-16-10-11-5-7-17(8-6-11)15(18)14-9-12-3-2-4-13(12)19-14/h9,11,16H,2-8,10H2,1H3. The van der Waals surface area contributed by atoms with Crippen molar-refractivity contribution in [2.75, 3.05) is 26.7 Å². The number of nitrogens with zero attached hydrogens (tertiary/aromatic N) is 1. The van der Waals surface area contributed by atoms with E-state index in [-0.39, 0.29) is 5.91 Å². The maximum atomic E-state index is 12.5. The third kappa shape index (κ3) is 2.70. The monoisotopic (exact) mass is 278 g/mol. The Morgan fingerprint density at radius 1 is 1.42 bits per heavy atom. The van der Waals surface area contributed by atoms with Crippen molar-refractivity contribution in [1.29, 1.82) is 0 Å². The molecular weight excluding hydrogens is 256 g/mol. The summed E-state index contributed by atoms with van der Waals surface area (Å²) in [6, 6.07) is 2.15. The van der Waals surface area contributed by atoms with Crippen LogP contribution in [0.3, 0.4) is 0 Å². The fraction of sp³-hybridized carbons (Fsp3) is 0.667. The average molecular weight is 278 g/mol. The van der Waals surface area contributed by atoms with Gasteiger partial charge in [-0.05, 0) is 63.2 Å². The predicted octanol–water partition coefficient (Wildman–Crippen LogP) is 2.31. The summed E-state index contributed by atoms with van der Waals surface area (Å²) in [6.45, 7) is 2.93. The number of hydrogen-bond acceptors (Lipinski definition) is 3. The Kier molecular flexibility index (Phi) is 3.89. The Bertz CT molecular complexity index is 439. The molecule has 19 heavy (non-hydrogen) atoms. The summed E-state index contributed by atoms with van der Waals surface area (Å²) in [5, 5.41) is 3.24. The smallest absolute Gasteiger partial charge is 0.263 e. The topological polar surface area (TPSA) is 32.3 Å². The van der Waals surface area contributed by atoms with Crippen molar-refractivity contribution in [3.63, 3.8) is 0 Å². The lowest BCUT2D eigenvalue weighted by Gasteiger charge is -2.31. The van der Waals surface area contributed by atoms with Gasteiger partial charge in [0.25, 0.3) is 5.91 Å². The fourth-order valence-corrected chi connectivity index (χ4v) is 4.44. The molecule has 0 unspecified atom stereocenters. The maximum Gasteiger partial charge on any atom is 0.263 e. The molecule has 2 aliphatic rings. The summed E-state index contributed by atoms with van der Waals surface area (Å²) < 4.78 is 0. The third-order valence-electron chi connectivity index (χ3n) is 4.35. The van der Waals surface area contributed by atoms with E-state index in [2.05, 4.69) is 11.4 Å². The summed E-state index contributed by atoms with van der Waals surface area (Å²) >= 11 is 1.73. The molecule has 0 atom stereocenters. The van der Waals surface area contributed by atoms with Gasteiger partial charge in [0.05, 0.1) is 4.88 Å². The van der Waals surface area contributed by atoms with Crippen LogP contribution in [0.2, 0.25) is 0 Å². The first-order valence-corrected chi connectivity index (χ1v) is 8.15. The molecule has 0 bridgehead atoms. The highest BCUT2D eigenvalue weighted by Gasteiger charge is 2.26. The van der Waals surface area contributed by atoms with E-state index < -0.39 is 0 Å². The van der Waals surface area contributed by atoms with Crippen LogP contribution in [0.15, 0.2) is 6.07 Å². The van der Waals surface area contributed by atoms with Crippen LogP contribution in [0.4, 0.5) is 0 Å². The van der Waals surface area contributed by atoms with E-state index in [9.17, 15) is 4.79 Å². The molecule has 3 rings (SSSR count). The Hall–Kier alpha value is -0.870. The van der Waals surface area contributed by atoms with Crippen LogP contribution < -0.4 is 5.32 Å². The minimum absolute atomic E-state index is 0.266. The molecule has 104 valence electrons. The van der Waals surface area contributed by atoms with Gasteiger partial charge < -0.3 is 10.2 Å². The summed E-state index contributed by atoms with van der Waals surface area (Å²) in [5.41, 5.74) is 1.43. The van der Waals surface area contributed by atoms with Gasteiger partial charge in [0.2, 0.25) is 0 Å². The van der Waals surface area contributed by atoms with Crippen molar-refractivity contribution in [2.45, 2.75) is 32.1 Å². The highest BCUT2D eigenvalue weighted by Crippen LogP contribution is 2.31. The number of amides is 1. The predicted molar refractivity (Wildman–Crippen MR) is 78.9 cm³/mol. The third-order valence-corrected chi connectivity index (χ3v) is 5.58. The Morgan fingerprint density at radius 3 is 2.89 bits per heavy atom. The van der Waals surface area contributed by atoms with Crippen LogP contribution in [0.25, 0.3) is 0 Å². The van der Waals surface area contributed by atoms with E-state index in [0.29, 0.717) is 0 Å². The Morgan fingerprint density at radius 2 is 2.21 bits per heavy atom. The van der Waals surface area contributed by atoms with Crippen molar-refractivity contribution < 1.29 is 4.79 Å². The number of aryl methyl sites for hydroxylation is 2. The normalized spacial score (nSPS) is 19.7. The summed E-state index contributed by atoms with van der Waals surface area (Å²) in [6.07, 6.45) is 5.89. The van der Waals surface area contributed by atoms with Gasteiger partial charge in [-0.15, -0.1) is 11.3 Å². The number of rotatable bonds is 3. The Labute approximate surface area is 119 Å². The molecule has 1 N–H and O–H groups in total. The van der Waals surface area contributed by atoms with E-state index in [1.54, 1.807) is 11.3 Å². The molecule has 2 heterocycles. The van der Waals surface area contributed by atoms with Crippen molar-refractivity contribution in [3.8, 4) is 0 Å². The van der Waals surface area contributed by atoms with Crippen LogP contribution in [-0.2, 0) is 12.8 Å². The second-order valence-electron chi connectivity index (χ2n) is 5.71. The largest absolute Gasteiger partial charge is 0.338 e. The van der Waals surface area contributed by atoms with Gasteiger partial charge in [0.15, 0.2) is 0 Å². The van der Waals surface area contributed by atoms with Crippen LogP contribution in [0.5, 0.6) is 0 Å². The lowest BCUT2D eigenvalue weighted by Crippen LogP contribution is -2.40. The quantitative estimate of drug-likeness (QED) is 0.920. The minimum atomic E-state index is 0.266. The van der Waals surface area contributed by atoms with Crippen LogP contribution in [0.1, 0.15) is 39.4 Å². The highest BCUT2D eigenvalue weighted by atomic mass is 32.1. The first-order chi connectivity index (χ1) is 9.28. The summed E-state index contributed by atoms with van der Waals surface area (Å²) in [5.74, 6) is 1.00. The number of fused-ring (bicyclic) bond motifs is 1. The fourth-order valence-electron chi connectivity index (χ4n) is 3.22. The molecule has 1 amide bonds. The number of likely N-dealkylation sites (tertiary alicyclic amines) is 1. The zero-order valence-corrected chi connectivity index (χ0v) is 12.4. The van der Waals surface area contributed by atoms with Crippen molar-refractivity contribution in [1.82, 2.24) is 10.2 Å². The molecule has 1 aliphatic heterocycles. The number of hydrogen-bond donors (Lipinski definition) is 1. The van der Waals surface area contributed by atoms with Crippen LogP contribution >= 0.6 is 11.3 Å². The Balaban J connectivity index is 1.61. The van der Waals surface area contributed by atoms with Gasteiger partial charge in [-0.3, -0.25) is 4.79 Å². The molecule has 1 aromatic rings. The number of carbonyl (C=O) groups is 1. The first kappa shape index (κ1) is 13.1. The summed E-state index contributed by atoms with van der Waals surface area (Å²) in [7, 11) is 2.00. The van der Waals surface area contributed by atoms with Crippen LogP contribution in [0, 0.1) is 5.92 Å². The molecule has 4 heteroatoms. The second-order valence-corrected chi connectivity index (χ2v) is 6.84. The number of nitrogens with one attached hydrogen (secondary N) is 1. The van der Waals surface area contributed by atoms with Gasteiger partial charge in [0, 0.05) is 18.0 Å². The lowest BCUT2D eigenvalue weighted by molar-refractivity contribution is 0.0696. The van der Waals surface area contributed by atoms with E-state index in [1.807, 2.05) is 11.9 Å². The molecule has 1 aromatic heterocycles. The molecule has 0 aromatic carbocycles. The average Bonchev–Trinajstić information content (AvgIpc) is 3.00. The van der Waals surface area contributed by atoms with Gasteiger partial charge >= 0.3 is 0 Å². The van der Waals surface area contributed by atoms with Crippen molar-refractivity contribution in [3.05, 3.63) is 21.4 Å². The zero-order valence-electron chi connectivity index (χ0n) is 11.6. The lowest BCUT2D eigenvalue weighted by atomic mass is 9.97. The molecule has 3 nitrogen and oxygen atoms in total. The maximum absolute atomic E-state index is 12.5. The van der Waals surface area contributed by atoms with Crippen LogP contribution in [-0.4, -0.2) is 37.5 Å². The summed E-state index contributed by atoms with van der Waals surface area (Å²) in [4.78, 5) is 17.0. The molecule has 0 saturated carbocycles. The van der Waals surface area contributed by atoms with E-state index >= 15 is 0 Å². The molecule has 0 spiro atoms. The first-order valence-electron chi connectivity index (χ1n) is 7.33.